The van der Waals surface area contributed by atoms with Crippen molar-refractivity contribution in [3.63, 3.8) is 0 Å². The SMILES string of the molecule is NS(=O)(=O)c1cc2cc(C(=O)O)oc2c(Cl)c1Cl. The monoisotopic (exact) mass is 309 g/mol. The maximum atomic E-state index is 11.3. The number of benzene rings is 1. The van der Waals surface area contributed by atoms with Crippen LogP contribution < -0.4 is 5.14 Å². The molecule has 0 aliphatic carbocycles. The number of nitrogens with two attached hydrogens (primary N) is 1. The van der Waals surface area contributed by atoms with Crippen molar-refractivity contribution >= 4 is 50.2 Å². The molecule has 9 heteroatoms. The van der Waals surface area contributed by atoms with Crippen LogP contribution in [0.2, 0.25) is 10.0 Å². The topological polar surface area (TPSA) is 111 Å². The Morgan fingerprint density at radius 1 is 1.28 bits per heavy atom. The third kappa shape index (κ3) is 2.05. The largest absolute Gasteiger partial charge is 0.475 e. The van der Waals surface area contributed by atoms with Gasteiger partial charge in [-0.1, -0.05) is 23.2 Å². The summed E-state index contributed by atoms with van der Waals surface area (Å²) in [6.07, 6.45) is 0. The number of hydrogen-bond donors (Lipinski definition) is 2. The lowest BCUT2D eigenvalue weighted by Crippen LogP contribution is -2.12. The molecule has 0 saturated heterocycles. The summed E-state index contributed by atoms with van der Waals surface area (Å²) < 4.78 is 27.5. The van der Waals surface area contributed by atoms with Gasteiger partial charge < -0.3 is 9.52 Å². The highest BCUT2D eigenvalue weighted by Gasteiger charge is 2.22. The molecule has 1 heterocycles. The molecule has 6 nitrogen and oxygen atoms in total. The van der Waals surface area contributed by atoms with Crippen molar-refractivity contribution in [3.05, 3.63) is 27.9 Å². The van der Waals surface area contributed by atoms with Gasteiger partial charge in [0.05, 0.1) is 5.02 Å². The Labute approximate surface area is 111 Å². The highest BCUT2D eigenvalue weighted by Crippen LogP contribution is 2.37. The van der Waals surface area contributed by atoms with Gasteiger partial charge in [0.2, 0.25) is 15.8 Å². The van der Waals surface area contributed by atoms with Crippen LogP contribution >= 0.6 is 23.2 Å². The molecule has 18 heavy (non-hydrogen) atoms. The molecule has 0 bridgehead atoms. The third-order valence-corrected chi connectivity index (χ3v) is 4.07. The highest BCUT2D eigenvalue weighted by atomic mass is 35.5. The highest BCUT2D eigenvalue weighted by molar-refractivity contribution is 7.89. The van der Waals surface area contributed by atoms with E-state index in [0.717, 1.165) is 12.1 Å². The first-order valence-corrected chi connectivity index (χ1v) is 6.69. The van der Waals surface area contributed by atoms with Gasteiger partial charge in [-0.3, -0.25) is 0 Å². The van der Waals surface area contributed by atoms with Gasteiger partial charge in [0.1, 0.15) is 9.92 Å². The van der Waals surface area contributed by atoms with E-state index in [-0.39, 0.29) is 31.7 Å². The normalized spacial score (nSPS) is 11.9. The molecular formula is C9H5Cl2NO5S. The summed E-state index contributed by atoms with van der Waals surface area (Å²) in [5.41, 5.74) is -0.00790. The minimum absolute atomic E-state index is 0.00790. The quantitative estimate of drug-likeness (QED) is 0.882. The molecular weight excluding hydrogens is 305 g/mol. The second kappa shape index (κ2) is 4.13. The Bertz CT molecular complexity index is 765. The predicted octanol–water partition coefficient (Wildman–Crippen LogP) is 2.09. The number of hydrogen-bond acceptors (Lipinski definition) is 4. The standard InChI is InChI=1S/C9H5Cl2NO5S/c10-6-5(18(12,15)16)2-3-1-4(9(13)14)17-8(3)7(6)11/h1-2H,(H,13,14)(H2,12,15,16). The maximum Gasteiger partial charge on any atom is 0.371 e. The fourth-order valence-electron chi connectivity index (χ4n) is 1.41. The van der Waals surface area contributed by atoms with Gasteiger partial charge in [-0.15, -0.1) is 0 Å². The van der Waals surface area contributed by atoms with Crippen molar-refractivity contribution in [2.45, 2.75) is 4.90 Å². The molecule has 0 aliphatic heterocycles. The fraction of sp³-hybridized carbons (Fsp3) is 0. The van der Waals surface area contributed by atoms with Gasteiger partial charge in [-0.2, -0.15) is 0 Å². The van der Waals surface area contributed by atoms with E-state index >= 15 is 0 Å². The molecule has 0 spiro atoms. The molecule has 96 valence electrons. The first-order valence-electron chi connectivity index (χ1n) is 4.39. The molecule has 2 aromatic rings. The van der Waals surface area contributed by atoms with E-state index in [9.17, 15) is 13.2 Å². The summed E-state index contributed by atoms with van der Waals surface area (Å²) in [6, 6.07) is 2.24. The average Bonchev–Trinajstić information content (AvgIpc) is 2.65. The van der Waals surface area contributed by atoms with Crippen LogP contribution in [0.4, 0.5) is 0 Å². The Morgan fingerprint density at radius 2 is 1.89 bits per heavy atom. The zero-order valence-corrected chi connectivity index (χ0v) is 10.8. The molecule has 0 atom stereocenters. The minimum atomic E-state index is -4.06. The van der Waals surface area contributed by atoms with E-state index in [1.54, 1.807) is 0 Å². The smallest absolute Gasteiger partial charge is 0.371 e. The summed E-state index contributed by atoms with van der Waals surface area (Å²) in [5.74, 6) is -1.69. The van der Waals surface area contributed by atoms with Crippen molar-refractivity contribution in [2.24, 2.45) is 5.14 Å². The predicted molar refractivity (Wildman–Crippen MR) is 64.6 cm³/mol. The number of sulfonamides is 1. The van der Waals surface area contributed by atoms with Crippen LogP contribution in [0.3, 0.4) is 0 Å². The van der Waals surface area contributed by atoms with Crippen LogP contribution in [0.15, 0.2) is 21.4 Å². The van der Waals surface area contributed by atoms with E-state index in [1.807, 2.05) is 0 Å². The van der Waals surface area contributed by atoms with E-state index in [0.29, 0.717) is 0 Å². The second-order valence-corrected chi connectivity index (χ2v) is 5.67. The maximum absolute atomic E-state index is 11.3. The van der Waals surface area contributed by atoms with E-state index in [2.05, 4.69) is 0 Å². The third-order valence-electron chi connectivity index (χ3n) is 2.17. The van der Waals surface area contributed by atoms with Crippen LogP contribution in [-0.4, -0.2) is 19.5 Å². The van der Waals surface area contributed by atoms with Gasteiger partial charge in [0, 0.05) is 5.39 Å². The lowest BCUT2D eigenvalue weighted by Gasteiger charge is -2.03. The molecule has 1 aromatic heterocycles. The Kier molecular flexibility index (Phi) is 3.02. The summed E-state index contributed by atoms with van der Waals surface area (Å²) >= 11 is 11.6. The van der Waals surface area contributed by atoms with Crippen molar-refractivity contribution in [1.82, 2.24) is 0 Å². The molecule has 0 radical (unpaired) electrons. The average molecular weight is 310 g/mol. The van der Waals surface area contributed by atoms with E-state index in [4.69, 9.17) is 37.9 Å². The number of fused-ring (bicyclic) bond motifs is 1. The summed E-state index contributed by atoms with van der Waals surface area (Å²) in [6.45, 7) is 0. The summed E-state index contributed by atoms with van der Waals surface area (Å²) in [7, 11) is -4.06. The number of furan rings is 1. The number of carboxylic acids is 1. The molecule has 1 aromatic carbocycles. The molecule has 0 unspecified atom stereocenters. The lowest BCUT2D eigenvalue weighted by molar-refractivity contribution is 0.0665. The van der Waals surface area contributed by atoms with Crippen LogP contribution in [0, 0.1) is 0 Å². The number of carbonyl (C=O) groups is 1. The van der Waals surface area contributed by atoms with Gasteiger partial charge in [0.25, 0.3) is 0 Å². The van der Waals surface area contributed by atoms with Crippen LogP contribution in [0.5, 0.6) is 0 Å². The second-order valence-electron chi connectivity index (χ2n) is 3.38. The molecule has 0 aliphatic rings. The Hall–Kier alpha value is -1.28. The minimum Gasteiger partial charge on any atom is -0.475 e. The van der Waals surface area contributed by atoms with Crippen molar-refractivity contribution in [2.75, 3.05) is 0 Å². The van der Waals surface area contributed by atoms with Crippen molar-refractivity contribution in [1.29, 1.82) is 0 Å². The van der Waals surface area contributed by atoms with Crippen molar-refractivity contribution < 1.29 is 22.7 Å². The molecule has 0 amide bonds. The van der Waals surface area contributed by atoms with Gasteiger partial charge >= 0.3 is 5.97 Å². The molecule has 2 rings (SSSR count). The summed E-state index contributed by atoms with van der Waals surface area (Å²) in [4.78, 5) is 10.3. The lowest BCUT2D eigenvalue weighted by atomic mass is 10.2. The zero-order valence-electron chi connectivity index (χ0n) is 8.48. The van der Waals surface area contributed by atoms with Crippen LogP contribution in [0.1, 0.15) is 10.6 Å². The van der Waals surface area contributed by atoms with Gasteiger partial charge in [0.15, 0.2) is 5.58 Å². The number of halogens is 2. The molecule has 3 N–H and O–H groups in total. The number of primary sulfonamides is 1. The number of aromatic carboxylic acids is 1. The first kappa shape index (κ1) is 13.2. The molecule has 0 saturated carbocycles. The fourth-order valence-corrected chi connectivity index (χ4v) is 2.82. The zero-order chi connectivity index (χ0) is 13.7. The van der Waals surface area contributed by atoms with E-state index in [1.165, 1.54) is 0 Å². The Balaban J connectivity index is 2.88. The molecule has 0 fully saturated rings. The number of carboxylic acid groups (broad SMARTS) is 1. The first-order chi connectivity index (χ1) is 8.21. The van der Waals surface area contributed by atoms with Crippen molar-refractivity contribution in [3.8, 4) is 0 Å². The van der Waals surface area contributed by atoms with Gasteiger partial charge in [-0.25, -0.2) is 18.4 Å². The number of rotatable bonds is 2. The Morgan fingerprint density at radius 3 is 2.39 bits per heavy atom. The summed E-state index contributed by atoms with van der Waals surface area (Å²) in [5, 5.41) is 13.4. The van der Waals surface area contributed by atoms with Crippen LogP contribution in [0.25, 0.3) is 11.0 Å². The van der Waals surface area contributed by atoms with E-state index < -0.39 is 16.0 Å². The van der Waals surface area contributed by atoms with Gasteiger partial charge in [-0.05, 0) is 12.1 Å². The van der Waals surface area contributed by atoms with Crippen LogP contribution in [-0.2, 0) is 10.0 Å².